The van der Waals surface area contributed by atoms with E-state index >= 15 is 0 Å². The minimum atomic E-state index is -0.242. The zero-order valence-electron chi connectivity index (χ0n) is 14.5. The number of hydrogen-bond donors (Lipinski definition) is 0. The summed E-state index contributed by atoms with van der Waals surface area (Å²) in [5, 5.41) is 4.10. The first kappa shape index (κ1) is 16.9. The Morgan fingerprint density at radius 1 is 1.12 bits per heavy atom. The Hall–Kier alpha value is -2.57. The van der Waals surface area contributed by atoms with Crippen LogP contribution in [0, 0.1) is 5.82 Å². The van der Waals surface area contributed by atoms with E-state index < -0.39 is 0 Å². The van der Waals surface area contributed by atoms with Crippen molar-refractivity contribution in [2.75, 3.05) is 19.7 Å². The van der Waals surface area contributed by atoms with Gasteiger partial charge < -0.3 is 9.26 Å². The van der Waals surface area contributed by atoms with E-state index in [-0.39, 0.29) is 18.0 Å². The maximum absolute atomic E-state index is 13.1. The Balaban J connectivity index is 1.48. The molecular weight excluding hydrogens is 333 g/mol. The van der Waals surface area contributed by atoms with Crippen LogP contribution in [0.1, 0.15) is 30.5 Å². The van der Waals surface area contributed by atoms with Crippen molar-refractivity contribution >= 4 is 0 Å². The van der Waals surface area contributed by atoms with Crippen LogP contribution in [-0.4, -0.2) is 34.7 Å². The van der Waals surface area contributed by atoms with Crippen molar-refractivity contribution in [2.24, 2.45) is 0 Å². The highest BCUT2D eigenvalue weighted by molar-refractivity contribution is 5.53. The Morgan fingerprint density at radius 2 is 1.88 bits per heavy atom. The van der Waals surface area contributed by atoms with Gasteiger partial charge in [0.15, 0.2) is 0 Å². The molecular formula is C20H20FN3O2. The molecule has 0 amide bonds. The number of hydrogen-bond acceptors (Lipinski definition) is 5. The molecule has 0 radical (unpaired) electrons. The largest absolute Gasteiger partial charge is 0.371 e. The third-order valence-corrected chi connectivity index (χ3v) is 4.72. The minimum Gasteiger partial charge on any atom is -0.371 e. The van der Waals surface area contributed by atoms with E-state index in [1.165, 1.54) is 12.1 Å². The van der Waals surface area contributed by atoms with Crippen molar-refractivity contribution in [2.45, 2.75) is 19.1 Å². The van der Waals surface area contributed by atoms with Crippen molar-refractivity contribution in [1.29, 1.82) is 0 Å². The van der Waals surface area contributed by atoms with Crippen LogP contribution in [0.5, 0.6) is 0 Å². The summed E-state index contributed by atoms with van der Waals surface area (Å²) in [6.45, 7) is 4.12. The van der Waals surface area contributed by atoms with Crippen molar-refractivity contribution in [3.63, 3.8) is 0 Å². The van der Waals surface area contributed by atoms with Crippen LogP contribution in [0.2, 0.25) is 0 Å². The van der Waals surface area contributed by atoms with Gasteiger partial charge in [0, 0.05) is 18.7 Å². The standard InChI is InChI=1S/C20H20FN3O2/c1-14(20-22-19(23-26-20)16-5-3-2-4-6-16)24-11-12-25-18(13-24)15-7-9-17(21)10-8-15/h2-10,14,18H,11-13H2,1H3. The topological polar surface area (TPSA) is 51.4 Å². The van der Waals surface area contributed by atoms with Crippen LogP contribution in [0.4, 0.5) is 4.39 Å². The van der Waals surface area contributed by atoms with Crippen LogP contribution in [0.25, 0.3) is 11.4 Å². The molecule has 1 saturated heterocycles. The van der Waals surface area contributed by atoms with Crippen LogP contribution in [0.3, 0.4) is 0 Å². The molecule has 1 aliphatic rings. The molecule has 5 nitrogen and oxygen atoms in total. The zero-order chi connectivity index (χ0) is 17.9. The monoisotopic (exact) mass is 353 g/mol. The molecule has 0 aliphatic carbocycles. The molecule has 6 heteroatoms. The lowest BCUT2D eigenvalue weighted by Gasteiger charge is -2.35. The van der Waals surface area contributed by atoms with Crippen LogP contribution in [-0.2, 0) is 4.74 Å². The Labute approximate surface area is 151 Å². The molecule has 2 atom stereocenters. The van der Waals surface area contributed by atoms with Gasteiger partial charge in [-0.3, -0.25) is 4.90 Å². The molecule has 4 rings (SSSR count). The van der Waals surface area contributed by atoms with Crippen molar-refractivity contribution < 1.29 is 13.7 Å². The number of aromatic nitrogens is 2. The Morgan fingerprint density at radius 3 is 2.65 bits per heavy atom. The SMILES string of the molecule is CC(c1nc(-c2ccccc2)no1)N1CCOC(c2ccc(F)cc2)C1. The van der Waals surface area contributed by atoms with Gasteiger partial charge in [-0.15, -0.1) is 0 Å². The fourth-order valence-corrected chi connectivity index (χ4v) is 3.17. The van der Waals surface area contributed by atoms with Crippen molar-refractivity contribution in [3.05, 3.63) is 71.9 Å². The molecule has 2 unspecified atom stereocenters. The molecule has 0 N–H and O–H groups in total. The van der Waals surface area contributed by atoms with Gasteiger partial charge >= 0.3 is 0 Å². The summed E-state index contributed by atoms with van der Waals surface area (Å²) in [5.74, 6) is 0.938. The second-order valence-corrected chi connectivity index (χ2v) is 6.40. The highest BCUT2D eigenvalue weighted by atomic mass is 19.1. The molecule has 1 aliphatic heterocycles. The van der Waals surface area contributed by atoms with Gasteiger partial charge in [0.05, 0.1) is 18.8 Å². The highest BCUT2D eigenvalue weighted by Crippen LogP contribution is 2.29. The van der Waals surface area contributed by atoms with Gasteiger partial charge in [-0.2, -0.15) is 4.98 Å². The molecule has 2 aromatic carbocycles. The maximum atomic E-state index is 13.1. The number of morpholine rings is 1. The quantitative estimate of drug-likeness (QED) is 0.709. The summed E-state index contributed by atoms with van der Waals surface area (Å²) in [4.78, 5) is 6.80. The van der Waals surface area contributed by atoms with E-state index in [1.54, 1.807) is 12.1 Å². The number of halogens is 1. The average Bonchev–Trinajstić information content (AvgIpc) is 3.19. The number of ether oxygens (including phenoxy) is 1. The highest BCUT2D eigenvalue weighted by Gasteiger charge is 2.29. The molecule has 26 heavy (non-hydrogen) atoms. The minimum absolute atomic E-state index is 0.0215. The molecule has 1 fully saturated rings. The summed E-state index contributed by atoms with van der Waals surface area (Å²) < 4.78 is 24.5. The lowest BCUT2D eigenvalue weighted by molar-refractivity contribution is -0.0469. The van der Waals surface area contributed by atoms with E-state index in [0.717, 1.165) is 17.7 Å². The smallest absolute Gasteiger partial charge is 0.244 e. The molecule has 134 valence electrons. The predicted molar refractivity (Wildman–Crippen MR) is 94.8 cm³/mol. The van der Waals surface area contributed by atoms with Crippen LogP contribution < -0.4 is 0 Å². The summed E-state index contributed by atoms with van der Waals surface area (Å²) in [6.07, 6.45) is -0.0942. The van der Waals surface area contributed by atoms with E-state index in [0.29, 0.717) is 24.9 Å². The average molecular weight is 353 g/mol. The maximum Gasteiger partial charge on any atom is 0.244 e. The Bertz CT molecular complexity index is 851. The number of benzene rings is 2. The first-order valence-electron chi connectivity index (χ1n) is 8.71. The van der Waals surface area contributed by atoms with Gasteiger partial charge in [-0.25, -0.2) is 4.39 Å². The second kappa shape index (κ2) is 7.35. The number of rotatable bonds is 4. The fourth-order valence-electron chi connectivity index (χ4n) is 3.17. The van der Waals surface area contributed by atoms with E-state index in [1.807, 2.05) is 30.3 Å². The third kappa shape index (κ3) is 3.52. The molecule has 3 aromatic rings. The molecule has 2 heterocycles. The first-order chi connectivity index (χ1) is 12.7. The summed E-state index contributed by atoms with van der Waals surface area (Å²) in [6, 6.07) is 16.2. The number of nitrogens with zero attached hydrogens (tertiary/aromatic N) is 3. The summed E-state index contributed by atoms with van der Waals surface area (Å²) in [5.41, 5.74) is 1.90. The van der Waals surface area contributed by atoms with Gasteiger partial charge in [-0.1, -0.05) is 47.6 Å². The van der Waals surface area contributed by atoms with E-state index in [4.69, 9.17) is 9.26 Å². The lowest BCUT2D eigenvalue weighted by atomic mass is 10.1. The van der Waals surface area contributed by atoms with Gasteiger partial charge in [-0.05, 0) is 24.6 Å². The van der Waals surface area contributed by atoms with E-state index in [2.05, 4.69) is 22.0 Å². The second-order valence-electron chi connectivity index (χ2n) is 6.40. The molecule has 0 spiro atoms. The van der Waals surface area contributed by atoms with Gasteiger partial charge in [0.1, 0.15) is 5.82 Å². The summed E-state index contributed by atoms with van der Waals surface area (Å²) >= 11 is 0. The summed E-state index contributed by atoms with van der Waals surface area (Å²) in [7, 11) is 0. The van der Waals surface area contributed by atoms with Gasteiger partial charge in [0.25, 0.3) is 0 Å². The zero-order valence-corrected chi connectivity index (χ0v) is 14.5. The molecule has 0 bridgehead atoms. The lowest BCUT2D eigenvalue weighted by Crippen LogP contribution is -2.40. The fraction of sp³-hybridized carbons (Fsp3) is 0.300. The van der Waals surface area contributed by atoms with E-state index in [9.17, 15) is 4.39 Å². The van der Waals surface area contributed by atoms with Crippen molar-refractivity contribution in [1.82, 2.24) is 15.0 Å². The Kier molecular flexibility index (Phi) is 4.77. The third-order valence-electron chi connectivity index (χ3n) is 4.72. The van der Waals surface area contributed by atoms with Crippen LogP contribution >= 0.6 is 0 Å². The molecule has 0 saturated carbocycles. The van der Waals surface area contributed by atoms with Crippen LogP contribution in [0.15, 0.2) is 59.1 Å². The molecule has 1 aromatic heterocycles. The van der Waals surface area contributed by atoms with Gasteiger partial charge in [0.2, 0.25) is 11.7 Å². The first-order valence-corrected chi connectivity index (χ1v) is 8.71. The van der Waals surface area contributed by atoms with Crippen molar-refractivity contribution in [3.8, 4) is 11.4 Å². The predicted octanol–water partition coefficient (Wildman–Crippen LogP) is 4.01. The normalized spacial score (nSPS) is 19.4.